The van der Waals surface area contributed by atoms with Gasteiger partial charge in [0.25, 0.3) is 10.9 Å². The molecule has 0 aliphatic rings. The molecule has 13 heavy (non-hydrogen) atoms. The summed E-state index contributed by atoms with van der Waals surface area (Å²) in [6.07, 6.45) is 0. The summed E-state index contributed by atoms with van der Waals surface area (Å²) in [6, 6.07) is 0. The summed E-state index contributed by atoms with van der Waals surface area (Å²) >= 11 is 0. The summed E-state index contributed by atoms with van der Waals surface area (Å²) in [5.74, 6) is 0.347. The Morgan fingerprint density at radius 3 is 2.46 bits per heavy atom. The number of anilines is 2. The number of nitrogen functional groups attached to an aromatic ring is 1. The van der Waals surface area contributed by atoms with Crippen molar-refractivity contribution in [2.24, 2.45) is 5.92 Å². The van der Waals surface area contributed by atoms with E-state index in [4.69, 9.17) is 10.6 Å². The molecule has 5 heteroatoms. The van der Waals surface area contributed by atoms with Crippen LogP contribution < -0.4 is 22.1 Å². The third-order valence-electron chi connectivity index (χ3n) is 1.54. The summed E-state index contributed by atoms with van der Waals surface area (Å²) < 4.78 is 0. The zero-order chi connectivity index (χ0) is 10.0. The van der Waals surface area contributed by atoms with E-state index in [-0.39, 0.29) is 11.4 Å². The van der Waals surface area contributed by atoms with Crippen molar-refractivity contribution in [1.82, 2.24) is 0 Å². The zero-order valence-corrected chi connectivity index (χ0v) is 7.59. The third kappa shape index (κ3) is 1.86. The molecule has 0 amide bonds. The lowest BCUT2D eigenvalue weighted by Gasteiger charge is -2.10. The average molecular weight is 184 g/mol. The van der Waals surface area contributed by atoms with Gasteiger partial charge in [0, 0.05) is 0 Å². The molecule has 1 rings (SSSR count). The molecule has 0 fully saturated rings. The maximum atomic E-state index is 10.8. The van der Waals surface area contributed by atoms with Crippen molar-refractivity contribution in [3.63, 3.8) is 0 Å². The first-order valence-electron chi connectivity index (χ1n) is 4.00. The van der Waals surface area contributed by atoms with Crippen LogP contribution in [0.25, 0.3) is 0 Å². The van der Waals surface area contributed by atoms with Crippen LogP contribution in [0.5, 0.6) is 0 Å². The Hall–Kier alpha value is -1.36. The minimum Gasteiger partial charge on any atom is -0.394 e. The lowest BCUT2D eigenvalue weighted by molar-refractivity contribution is 0.162. The number of hydrogen-bond acceptors (Lipinski definition) is 5. The van der Waals surface area contributed by atoms with Crippen molar-refractivity contribution >= 4 is 11.4 Å². The van der Waals surface area contributed by atoms with Gasteiger partial charge in [0.05, 0.1) is 6.61 Å². The second kappa shape index (κ2) is 3.57. The van der Waals surface area contributed by atoms with Crippen LogP contribution in [0.4, 0.5) is 11.4 Å². The molecule has 0 spiro atoms. The largest absolute Gasteiger partial charge is 0.394 e. The first kappa shape index (κ1) is 9.73. The van der Waals surface area contributed by atoms with E-state index in [0.717, 1.165) is 0 Å². The van der Waals surface area contributed by atoms with Gasteiger partial charge >= 0.3 is 0 Å². The molecular weight excluding hydrogens is 172 g/mol. The molecule has 0 aliphatic carbocycles. The first-order valence-corrected chi connectivity index (χ1v) is 4.00. The molecule has 72 valence electrons. The van der Waals surface area contributed by atoms with Gasteiger partial charge < -0.3 is 5.73 Å². The maximum Gasteiger partial charge on any atom is 0.255 e. The van der Waals surface area contributed by atoms with Crippen molar-refractivity contribution in [2.75, 3.05) is 17.8 Å². The van der Waals surface area contributed by atoms with E-state index in [1.807, 2.05) is 13.8 Å². The van der Waals surface area contributed by atoms with Gasteiger partial charge in [0.2, 0.25) is 0 Å². The SMILES string of the molecule is CC(C)CONc1c(N)c(=O)c1=O. The van der Waals surface area contributed by atoms with Crippen LogP contribution in [0.1, 0.15) is 13.8 Å². The quantitative estimate of drug-likeness (QED) is 0.503. The lowest BCUT2D eigenvalue weighted by atomic mass is 10.2. The summed E-state index contributed by atoms with van der Waals surface area (Å²) in [5, 5.41) is 0. The molecule has 0 heterocycles. The van der Waals surface area contributed by atoms with Crippen LogP contribution in [-0.4, -0.2) is 6.61 Å². The topological polar surface area (TPSA) is 81.4 Å². The Morgan fingerprint density at radius 2 is 2.00 bits per heavy atom. The Bertz CT molecular complexity index is 363. The molecule has 0 aromatic heterocycles. The van der Waals surface area contributed by atoms with Crippen LogP contribution in [0, 0.1) is 5.92 Å². The van der Waals surface area contributed by atoms with E-state index < -0.39 is 10.9 Å². The second-order valence-corrected chi connectivity index (χ2v) is 3.25. The van der Waals surface area contributed by atoms with E-state index in [1.54, 1.807) is 0 Å². The molecule has 3 N–H and O–H groups in total. The van der Waals surface area contributed by atoms with E-state index in [9.17, 15) is 9.59 Å². The molecule has 0 radical (unpaired) electrons. The number of nitrogens with one attached hydrogen (secondary N) is 1. The van der Waals surface area contributed by atoms with Crippen LogP contribution >= 0.6 is 0 Å². The zero-order valence-electron chi connectivity index (χ0n) is 7.59. The fraction of sp³-hybridized carbons (Fsp3) is 0.500. The molecule has 0 bridgehead atoms. The highest BCUT2D eigenvalue weighted by Crippen LogP contribution is 2.08. The van der Waals surface area contributed by atoms with E-state index in [2.05, 4.69) is 5.48 Å². The molecule has 0 saturated heterocycles. The predicted molar refractivity (Wildman–Crippen MR) is 50.2 cm³/mol. The molecule has 0 aliphatic heterocycles. The van der Waals surface area contributed by atoms with Crippen molar-refractivity contribution < 1.29 is 4.84 Å². The van der Waals surface area contributed by atoms with Gasteiger partial charge in [-0.2, -0.15) is 0 Å². The van der Waals surface area contributed by atoms with Gasteiger partial charge in [0.1, 0.15) is 11.4 Å². The Labute approximate surface area is 75.2 Å². The average Bonchev–Trinajstić information content (AvgIpc) is 2.10. The minimum atomic E-state index is -0.643. The van der Waals surface area contributed by atoms with E-state index in [1.165, 1.54) is 0 Å². The molecule has 5 nitrogen and oxygen atoms in total. The van der Waals surface area contributed by atoms with Crippen LogP contribution in [-0.2, 0) is 4.84 Å². The van der Waals surface area contributed by atoms with E-state index in [0.29, 0.717) is 12.5 Å². The van der Waals surface area contributed by atoms with Crippen molar-refractivity contribution in [3.8, 4) is 0 Å². The standard InChI is InChI=1S/C8H12N2O3/c1-4(2)3-13-10-6-5(9)7(11)8(6)12/h4,10H,3,9H2,1-2H3. The smallest absolute Gasteiger partial charge is 0.255 e. The van der Waals surface area contributed by atoms with Crippen LogP contribution in [0.3, 0.4) is 0 Å². The van der Waals surface area contributed by atoms with Gasteiger partial charge in [-0.15, -0.1) is 0 Å². The summed E-state index contributed by atoms with van der Waals surface area (Å²) in [5.41, 5.74) is 6.38. The third-order valence-corrected chi connectivity index (χ3v) is 1.54. The second-order valence-electron chi connectivity index (χ2n) is 3.25. The van der Waals surface area contributed by atoms with Gasteiger partial charge in [-0.3, -0.25) is 19.9 Å². The van der Waals surface area contributed by atoms with Gasteiger partial charge in [-0.1, -0.05) is 13.8 Å². The monoisotopic (exact) mass is 184 g/mol. The number of nitrogens with two attached hydrogens (primary N) is 1. The molecule has 0 saturated carbocycles. The normalized spacial score (nSPS) is 11.0. The van der Waals surface area contributed by atoms with Crippen molar-refractivity contribution in [1.29, 1.82) is 0 Å². The Kier molecular flexibility index (Phi) is 2.67. The van der Waals surface area contributed by atoms with Crippen LogP contribution in [0.15, 0.2) is 9.59 Å². The van der Waals surface area contributed by atoms with Gasteiger partial charge in [0.15, 0.2) is 0 Å². The molecule has 0 atom stereocenters. The number of rotatable bonds is 4. The number of hydrogen-bond donors (Lipinski definition) is 2. The molecule has 1 aromatic rings. The molecule has 1 aromatic carbocycles. The van der Waals surface area contributed by atoms with Crippen LogP contribution in [0.2, 0.25) is 0 Å². The van der Waals surface area contributed by atoms with Gasteiger partial charge in [-0.25, -0.2) is 0 Å². The Morgan fingerprint density at radius 1 is 1.38 bits per heavy atom. The summed E-state index contributed by atoms with van der Waals surface area (Å²) in [6.45, 7) is 4.39. The lowest BCUT2D eigenvalue weighted by Crippen LogP contribution is -2.37. The highest BCUT2D eigenvalue weighted by Gasteiger charge is 2.17. The fourth-order valence-corrected chi connectivity index (χ4v) is 0.791. The molecule has 0 unspecified atom stereocenters. The van der Waals surface area contributed by atoms with Gasteiger partial charge in [-0.05, 0) is 5.92 Å². The van der Waals surface area contributed by atoms with Crippen molar-refractivity contribution in [2.45, 2.75) is 13.8 Å². The first-order chi connectivity index (χ1) is 6.04. The Balaban J connectivity index is 2.48. The maximum absolute atomic E-state index is 10.8. The minimum absolute atomic E-state index is 0.0474. The highest BCUT2D eigenvalue weighted by atomic mass is 16.6. The molecular formula is C8H12N2O3. The van der Waals surface area contributed by atoms with E-state index >= 15 is 0 Å². The fourth-order valence-electron chi connectivity index (χ4n) is 0.791. The van der Waals surface area contributed by atoms with Crippen molar-refractivity contribution in [3.05, 3.63) is 20.4 Å². The predicted octanol–water partition coefficient (Wildman–Crippen LogP) is -0.136. The summed E-state index contributed by atoms with van der Waals surface area (Å²) in [4.78, 5) is 26.4. The highest BCUT2D eigenvalue weighted by molar-refractivity contribution is 5.70. The summed E-state index contributed by atoms with van der Waals surface area (Å²) in [7, 11) is 0.